The standard InChI is InChI=1S/C18H15Cl2N3O3S/c1-12-5-7-14(8-6-12)27(24,25)23-17-18(22-10-9-21-17)26-11-13-3-2-4-15(19)16(13)20/h2-10H,11H2,1H3,(H,21,23). The number of hydrogen-bond donors (Lipinski definition) is 1. The number of aryl methyl sites for hydroxylation is 1. The van der Waals surface area contributed by atoms with Gasteiger partial charge in [-0.2, -0.15) is 0 Å². The SMILES string of the molecule is Cc1ccc(S(=O)(=O)Nc2nccnc2OCc2cccc(Cl)c2Cl)cc1. The average Bonchev–Trinajstić information content (AvgIpc) is 2.64. The van der Waals surface area contributed by atoms with Gasteiger partial charge in [-0.25, -0.2) is 18.4 Å². The molecule has 0 saturated heterocycles. The van der Waals surface area contributed by atoms with Crippen molar-refractivity contribution in [3.05, 3.63) is 76.0 Å². The zero-order valence-electron chi connectivity index (χ0n) is 14.2. The van der Waals surface area contributed by atoms with E-state index < -0.39 is 10.0 Å². The van der Waals surface area contributed by atoms with Gasteiger partial charge in [0, 0.05) is 18.0 Å². The van der Waals surface area contributed by atoms with Gasteiger partial charge in [0.05, 0.1) is 14.9 Å². The minimum Gasteiger partial charge on any atom is -0.470 e. The van der Waals surface area contributed by atoms with E-state index >= 15 is 0 Å². The van der Waals surface area contributed by atoms with E-state index in [0.29, 0.717) is 15.6 Å². The fourth-order valence-electron chi connectivity index (χ4n) is 2.21. The van der Waals surface area contributed by atoms with Crippen LogP contribution in [0, 0.1) is 6.92 Å². The highest BCUT2D eigenvalue weighted by atomic mass is 35.5. The van der Waals surface area contributed by atoms with Crippen LogP contribution in [0.2, 0.25) is 10.0 Å². The zero-order valence-corrected chi connectivity index (χ0v) is 16.5. The van der Waals surface area contributed by atoms with Gasteiger partial charge < -0.3 is 4.74 Å². The number of nitrogens with one attached hydrogen (secondary N) is 1. The van der Waals surface area contributed by atoms with Crippen molar-refractivity contribution in [2.45, 2.75) is 18.4 Å². The molecule has 27 heavy (non-hydrogen) atoms. The molecular formula is C18H15Cl2N3O3S. The Morgan fingerprint density at radius 1 is 1.04 bits per heavy atom. The summed E-state index contributed by atoms with van der Waals surface area (Å²) in [7, 11) is -3.83. The van der Waals surface area contributed by atoms with Gasteiger partial charge in [0.15, 0.2) is 0 Å². The molecule has 3 rings (SSSR count). The van der Waals surface area contributed by atoms with Crippen LogP contribution in [0.5, 0.6) is 5.88 Å². The number of aromatic nitrogens is 2. The molecule has 0 bridgehead atoms. The maximum Gasteiger partial charge on any atom is 0.263 e. The zero-order chi connectivity index (χ0) is 19.4. The second-order valence-corrected chi connectivity index (χ2v) is 8.10. The molecule has 3 aromatic rings. The third-order valence-corrected chi connectivity index (χ3v) is 5.84. The van der Waals surface area contributed by atoms with E-state index in [1.54, 1.807) is 30.3 Å². The van der Waals surface area contributed by atoms with Crippen molar-refractivity contribution in [1.82, 2.24) is 9.97 Å². The number of rotatable bonds is 6. The smallest absolute Gasteiger partial charge is 0.263 e. The fraction of sp³-hybridized carbons (Fsp3) is 0.111. The minimum atomic E-state index is -3.83. The number of nitrogens with zero attached hydrogens (tertiary/aromatic N) is 2. The van der Waals surface area contributed by atoms with Crippen molar-refractivity contribution >= 4 is 39.0 Å². The molecule has 0 aliphatic heterocycles. The third kappa shape index (κ3) is 4.68. The second kappa shape index (κ2) is 8.12. The molecule has 6 nitrogen and oxygen atoms in total. The molecule has 0 saturated carbocycles. The highest BCUT2D eigenvalue weighted by molar-refractivity contribution is 7.92. The maximum atomic E-state index is 12.6. The number of ether oxygens (including phenoxy) is 1. The molecule has 1 aromatic heterocycles. The summed E-state index contributed by atoms with van der Waals surface area (Å²) in [5.41, 5.74) is 1.60. The van der Waals surface area contributed by atoms with E-state index in [0.717, 1.165) is 5.56 Å². The van der Waals surface area contributed by atoms with Crippen LogP contribution in [0.15, 0.2) is 59.8 Å². The summed E-state index contributed by atoms with van der Waals surface area (Å²) in [6.45, 7) is 1.93. The first kappa shape index (κ1) is 19.4. The van der Waals surface area contributed by atoms with Gasteiger partial charge in [0.25, 0.3) is 15.9 Å². The predicted molar refractivity (Wildman–Crippen MR) is 105 cm³/mol. The first-order valence-corrected chi connectivity index (χ1v) is 10.1. The number of anilines is 1. The average molecular weight is 424 g/mol. The van der Waals surface area contributed by atoms with E-state index in [4.69, 9.17) is 27.9 Å². The first-order chi connectivity index (χ1) is 12.9. The van der Waals surface area contributed by atoms with E-state index in [1.165, 1.54) is 24.5 Å². The lowest BCUT2D eigenvalue weighted by Crippen LogP contribution is -2.15. The molecule has 0 aliphatic carbocycles. The molecule has 9 heteroatoms. The summed E-state index contributed by atoms with van der Waals surface area (Å²) in [5, 5.41) is 0.766. The van der Waals surface area contributed by atoms with Gasteiger partial charge in [-0.15, -0.1) is 0 Å². The van der Waals surface area contributed by atoms with Gasteiger partial charge in [0.1, 0.15) is 6.61 Å². The molecule has 0 spiro atoms. The van der Waals surface area contributed by atoms with Crippen molar-refractivity contribution < 1.29 is 13.2 Å². The Hall–Kier alpha value is -2.35. The normalized spacial score (nSPS) is 11.2. The fourth-order valence-corrected chi connectivity index (χ4v) is 3.59. The van der Waals surface area contributed by atoms with Crippen LogP contribution in [-0.4, -0.2) is 18.4 Å². The molecule has 140 valence electrons. The first-order valence-electron chi connectivity index (χ1n) is 7.83. The van der Waals surface area contributed by atoms with Crippen LogP contribution in [0.25, 0.3) is 0 Å². The highest BCUT2D eigenvalue weighted by Crippen LogP contribution is 2.28. The Kier molecular flexibility index (Phi) is 5.84. The summed E-state index contributed by atoms with van der Waals surface area (Å²) < 4.78 is 33.1. The van der Waals surface area contributed by atoms with Crippen molar-refractivity contribution in [3.63, 3.8) is 0 Å². The minimum absolute atomic E-state index is 0.0174. The van der Waals surface area contributed by atoms with Gasteiger partial charge in [-0.3, -0.25) is 4.72 Å². The van der Waals surface area contributed by atoms with E-state index in [9.17, 15) is 8.42 Å². The van der Waals surface area contributed by atoms with E-state index in [2.05, 4.69) is 14.7 Å². The van der Waals surface area contributed by atoms with Gasteiger partial charge in [-0.05, 0) is 25.1 Å². The lowest BCUT2D eigenvalue weighted by Gasteiger charge is -2.12. The van der Waals surface area contributed by atoms with E-state index in [-0.39, 0.29) is 23.2 Å². The maximum absolute atomic E-state index is 12.6. The Balaban J connectivity index is 1.81. The van der Waals surface area contributed by atoms with Gasteiger partial charge >= 0.3 is 0 Å². The molecule has 1 N–H and O–H groups in total. The highest BCUT2D eigenvalue weighted by Gasteiger charge is 2.18. The summed E-state index contributed by atoms with van der Waals surface area (Å²) in [6, 6.07) is 11.6. The van der Waals surface area contributed by atoms with Crippen LogP contribution >= 0.6 is 23.2 Å². The van der Waals surface area contributed by atoms with Crippen LogP contribution in [0.4, 0.5) is 5.82 Å². The van der Waals surface area contributed by atoms with Crippen LogP contribution in [0.3, 0.4) is 0 Å². The molecule has 0 radical (unpaired) electrons. The largest absolute Gasteiger partial charge is 0.470 e. The predicted octanol–water partition coefficient (Wildman–Crippen LogP) is 4.47. The molecule has 0 amide bonds. The lowest BCUT2D eigenvalue weighted by atomic mass is 10.2. The molecule has 0 aliphatic rings. The number of hydrogen-bond acceptors (Lipinski definition) is 5. The number of benzene rings is 2. The number of halogens is 2. The second-order valence-electron chi connectivity index (χ2n) is 5.63. The van der Waals surface area contributed by atoms with Crippen molar-refractivity contribution in [2.24, 2.45) is 0 Å². The van der Waals surface area contributed by atoms with Crippen LogP contribution < -0.4 is 9.46 Å². The van der Waals surface area contributed by atoms with E-state index in [1.807, 2.05) is 6.92 Å². The lowest BCUT2D eigenvalue weighted by molar-refractivity contribution is 0.294. The molecule has 2 aromatic carbocycles. The van der Waals surface area contributed by atoms with Crippen molar-refractivity contribution in [3.8, 4) is 5.88 Å². The third-order valence-electron chi connectivity index (χ3n) is 3.62. The topological polar surface area (TPSA) is 81.2 Å². The summed E-state index contributed by atoms with van der Waals surface area (Å²) in [5.74, 6) is 0.0143. The Morgan fingerprint density at radius 2 is 1.74 bits per heavy atom. The van der Waals surface area contributed by atoms with Crippen LogP contribution in [-0.2, 0) is 16.6 Å². The van der Waals surface area contributed by atoms with Crippen molar-refractivity contribution in [2.75, 3.05) is 4.72 Å². The summed E-state index contributed by atoms with van der Waals surface area (Å²) in [4.78, 5) is 8.19. The van der Waals surface area contributed by atoms with Gasteiger partial charge in [-0.1, -0.05) is 53.0 Å². The summed E-state index contributed by atoms with van der Waals surface area (Å²) in [6.07, 6.45) is 2.77. The Labute approximate surface area is 167 Å². The van der Waals surface area contributed by atoms with Gasteiger partial charge in [0.2, 0.25) is 5.82 Å². The van der Waals surface area contributed by atoms with Crippen molar-refractivity contribution in [1.29, 1.82) is 0 Å². The molecular weight excluding hydrogens is 409 g/mol. The quantitative estimate of drug-likeness (QED) is 0.632. The molecule has 0 unspecified atom stereocenters. The van der Waals surface area contributed by atoms with Crippen LogP contribution in [0.1, 0.15) is 11.1 Å². The number of sulfonamides is 1. The Bertz CT molecular complexity index is 1060. The molecule has 1 heterocycles. The summed E-state index contributed by atoms with van der Waals surface area (Å²) >= 11 is 12.1. The molecule has 0 fully saturated rings. The molecule has 0 atom stereocenters. The Morgan fingerprint density at radius 3 is 2.48 bits per heavy atom. The monoisotopic (exact) mass is 423 g/mol.